The van der Waals surface area contributed by atoms with Crippen LogP contribution in [0, 0.1) is 14.7 Å². The molecule has 0 saturated heterocycles. The SMILES string of the molecule is CC(C)CCCC(C)CCOC(=O)c1ccc(-c2cc(I)sc2Br)cc1. The molecule has 1 heterocycles. The van der Waals surface area contributed by atoms with Gasteiger partial charge in [-0.15, -0.1) is 11.3 Å². The number of thiophene rings is 1. The molecule has 0 aliphatic carbocycles. The maximum atomic E-state index is 12.2. The fourth-order valence-electron chi connectivity index (χ4n) is 2.78. The molecule has 0 N–H and O–H groups in total. The van der Waals surface area contributed by atoms with Crippen LogP contribution in [0.15, 0.2) is 34.1 Å². The Morgan fingerprint density at radius 3 is 2.42 bits per heavy atom. The van der Waals surface area contributed by atoms with Crippen molar-refractivity contribution in [2.24, 2.45) is 11.8 Å². The van der Waals surface area contributed by atoms with Crippen LogP contribution < -0.4 is 0 Å². The van der Waals surface area contributed by atoms with Gasteiger partial charge in [-0.2, -0.15) is 0 Å². The molecule has 2 nitrogen and oxygen atoms in total. The second kappa shape index (κ2) is 10.8. The van der Waals surface area contributed by atoms with Crippen molar-refractivity contribution in [2.45, 2.75) is 46.5 Å². The van der Waals surface area contributed by atoms with Crippen LogP contribution >= 0.6 is 49.9 Å². The lowest BCUT2D eigenvalue weighted by molar-refractivity contribution is 0.0483. The van der Waals surface area contributed by atoms with E-state index in [0.29, 0.717) is 18.1 Å². The summed E-state index contributed by atoms with van der Waals surface area (Å²) in [5.41, 5.74) is 2.88. The lowest BCUT2D eigenvalue weighted by Crippen LogP contribution is -2.09. The zero-order chi connectivity index (χ0) is 19.1. The molecule has 0 bridgehead atoms. The number of rotatable bonds is 9. The first-order valence-corrected chi connectivity index (χ1v) is 11.8. The van der Waals surface area contributed by atoms with Gasteiger partial charge < -0.3 is 4.74 Å². The number of carbonyl (C=O) groups excluding carboxylic acids is 1. The molecule has 0 aliphatic heterocycles. The summed E-state index contributed by atoms with van der Waals surface area (Å²) in [4.78, 5) is 12.2. The normalized spacial score (nSPS) is 12.4. The number of hydrogen-bond donors (Lipinski definition) is 0. The Kier molecular flexibility index (Phi) is 9.10. The Bertz CT molecular complexity index is 709. The van der Waals surface area contributed by atoms with Crippen molar-refractivity contribution in [3.8, 4) is 11.1 Å². The summed E-state index contributed by atoms with van der Waals surface area (Å²) in [5.74, 6) is 1.13. The fourth-order valence-corrected chi connectivity index (χ4v) is 6.16. The molecule has 1 aromatic carbocycles. The Morgan fingerprint density at radius 2 is 1.85 bits per heavy atom. The quantitative estimate of drug-likeness (QED) is 0.236. The van der Waals surface area contributed by atoms with Gasteiger partial charge in [0.2, 0.25) is 0 Å². The lowest BCUT2D eigenvalue weighted by Gasteiger charge is -2.12. The van der Waals surface area contributed by atoms with E-state index >= 15 is 0 Å². The smallest absolute Gasteiger partial charge is 0.338 e. The maximum Gasteiger partial charge on any atom is 0.338 e. The second-order valence-electron chi connectivity index (χ2n) is 7.17. The largest absolute Gasteiger partial charge is 0.462 e. The molecule has 0 spiro atoms. The molecule has 1 unspecified atom stereocenters. The van der Waals surface area contributed by atoms with E-state index in [2.05, 4.69) is 65.4 Å². The first-order chi connectivity index (χ1) is 12.4. The average Bonchev–Trinajstić information content (AvgIpc) is 2.93. The third-order valence-electron chi connectivity index (χ3n) is 4.41. The van der Waals surface area contributed by atoms with Gasteiger partial charge in [0.15, 0.2) is 0 Å². The van der Waals surface area contributed by atoms with E-state index in [0.717, 1.165) is 27.3 Å². The second-order valence-corrected chi connectivity index (χ2v) is 11.4. The average molecular weight is 549 g/mol. The highest BCUT2D eigenvalue weighted by atomic mass is 127. The van der Waals surface area contributed by atoms with Gasteiger partial charge >= 0.3 is 5.97 Å². The van der Waals surface area contributed by atoms with Crippen LogP contribution in [-0.4, -0.2) is 12.6 Å². The van der Waals surface area contributed by atoms with Gasteiger partial charge in [-0.05, 0) is 80.5 Å². The van der Waals surface area contributed by atoms with E-state index in [1.54, 1.807) is 11.3 Å². The number of benzene rings is 1. The first kappa shape index (κ1) is 21.9. The topological polar surface area (TPSA) is 26.3 Å². The lowest BCUT2D eigenvalue weighted by atomic mass is 9.98. The molecule has 1 aromatic heterocycles. The predicted molar refractivity (Wildman–Crippen MR) is 123 cm³/mol. The molecule has 142 valence electrons. The number of ether oxygens (including phenoxy) is 1. The van der Waals surface area contributed by atoms with Crippen LogP contribution in [-0.2, 0) is 4.74 Å². The van der Waals surface area contributed by atoms with Crippen LogP contribution in [0.5, 0.6) is 0 Å². The minimum absolute atomic E-state index is 0.232. The van der Waals surface area contributed by atoms with E-state index in [1.165, 1.54) is 22.1 Å². The van der Waals surface area contributed by atoms with E-state index in [9.17, 15) is 4.79 Å². The standard InChI is InChI=1S/C21H26BrIO2S/c1-14(2)5-4-6-15(3)11-12-25-21(24)17-9-7-16(8-10-17)18-13-19(23)26-20(18)22/h7-10,13-15H,4-6,11-12H2,1-3H3. The van der Waals surface area contributed by atoms with E-state index in [4.69, 9.17) is 4.74 Å². The number of halogens is 2. The van der Waals surface area contributed by atoms with Gasteiger partial charge in [0.05, 0.1) is 18.8 Å². The molecule has 5 heteroatoms. The van der Waals surface area contributed by atoms with E-state index in [1.807, 2.05) is 24.3 Å². The van der Waals surface area contributed by atoms with Crippen molar-refractivity contribution in [3.05, 3.63) is 42.6 Å². The Morgan fingerprint density at radius 1 is 1.15 bits per heavy atom. The Labute approximate surface area is 183 Å². The molecule has 2 aromatic rings. The van der Waals surface area contributed by atoms with E-state index < -0.39 is 0 Å². The van der Waals surface area contributed by atoms with Gasteiger partial charge in [-0.1, -0.05) is 52.2 Å². The summed E-state index contributed by atoms with van der Waals surface area (Å²) in [5, 5.41) is 0. The number of hydrogen-bond acceptors (Lipinski definition) is 3. The van der Waals surface area contributed by atoms with Gasteiger partial charge in [0, 0.05) is 5.56 Å². The summed E-state index contributed by atoms with van der Waals surface area (Å²) in [6.07, 6.45) is 4.67. The molecular formula is C21H26BrIO2S. The van der Waals surface area contributed by atoms with Crippen molar-refractivity contribution in [3.63, 3.8) is 0 Å². The molecule has 0 saturated carbocycles. The molecule has 0 amide bonds. The zero-order valence-electron chi connectivity index (χ0n) is 15.6. The van der Waals surface area contributed by atoms with Crippen LogP contribution in [0.2, 0.25) is 0 Å². The Hall–Kier alpha value is -0.400. The molecule has 26 heavy (non-hydrogen) atoms. The summed E-state index contributed by atoms with van der Waals surface area (Å²) < 4.78 is 7.80. The summed E-state index contributed by atoms with van der Waals surface area (Å²) in [6, 6.07) is 9.80. The first-order valence-electron chi connectivity index (χ1n) is 9.09. The summed E-state index contributed by atoms with van der Waals surface area (Å²) in [6.45, 7) is 7.26. The summed E-state index contributed by atoms with van der Waals surface area (Å²) >= 11 is 7.62. The highest BCUT2D eigenvalue weighted by Crippen LogP contribution is 2.36. The van der Waals surface area contributed by atoms with Crippen molar-refractivity contribution in [1.82, 2.24) is 0 Å². The molecule has 0 fully saturated rings. The highest BCUT2D eigenvalue weighted by Gasteiger charge is 2.11. The van der Waals surface area contributed by atoms with Gasteiger partial charge in [-0.3, -0.25) is 0 Å². The Balaban J connectivity index is 1.80. The van der Waals surface area contributed by atoms with Crippen molar-refractivity contribution < 1.29 is 9.53 Å². The molecule has 1 atom stereocenters. The molecular weight excluding hydrogens is 523 g/mol. The number of esters is 1. The van der Waals surface area contributed by atoms with Gasteiger partial charge in [-0.25, -0.2) is 4.79 Å². The molecule has 2 rings (SSSR count). The van der Waals surface area contributed by atoms with Crippen LogP contribution in [0.4, 0.5) is 0 Å². The zero-order valence-corrected chi connectivity index (χ0v) is 20.1. The van der Waals surface area contributed by atoms with Crippen molar-refractivity contribution >= 4 is 55.8 Å². The molecule has 0 radical (unpaired) electrons. The maximum absolute atomic E-state index is 12.2. The highest BCUT2D eigenvalue weighted by molar-refractivity contribution is 14.1. The minimum Gasteiger partial charge on any atom is -0.462 e. The van der Waals surface area contributed by atoms with Crippen LogP contribution in [0.3, 0.4) is 0 Å². The van der Waals surface area contributed by atoms with Crippen LogP contribution in [0.1, 0.15) is 56.8 Å². The fraction of sp³-hybridized carbons (Fsp3) is 0.476. The number of carbonyl (C=O) groups is 1. The van der Waals surface area contributed by atoms with Crippen LogP contribution in [0.25, 0.3) is 11.1 Å². The third-order valence-corrected chi connectivity index (χ3v) is 7.01. The monoisotopic (exact) mass is 548 g/mol. The van der Waals surface area contributed by atoms with Crippen molar-refractivity contribution in [2.75, 3.05) is 6.61 Å². The van der Waals surface area contributed by atoms with Gasteiger partial charge in [0.1, 0.15) is 0 Å². The molecule has 0 aliphatic rings. The van der Waals surface area contributed by atoms with Crippen molar-refractivity contribution in [1.29, 1.82) is 0 Å². The minimum atomic E-state index is -0.232. The van der Waals surface area contributed by atoms with Gasteiger partial charge in [0.25, 0.3) is 0 Å². The third kappa shape index (κ3) is 6.97. The predicted octanol–water partition coefficient (Wildman–Crippen LogP) is 7.79. The van der Waals surface area contributed by atoms with E-state index in [-0.39, 0.29) is 5.97 Å². The summed E-state index contributed by atoms with van der Waals surface area (Å²) in [7, 11) is 0.